The van der Waals surface area contributed by atoms with Crippen LogP contribution in [0.1, 0.15) is 0 Å². The van der Waals surface area contributed by atoms with E-state index in [1.807, 2.05) is 91.0 Å². The van der Waals surface area contributed by atoms with Gasteiger partial charge in [-0.2, -0.15) is 0 Å². The van der Waals surface area contributed by atoms with Crippen molar-refractivity contribution >= 4 is 0 Å². The second-order valence-corrected chi connectivity index (χ2v) is 8.92. The van der Waals surface area contributed by atoms with Gasteiger partial charge in [-0.1, -0.05) is 54.6 Å². The Morgan fingerprint density at radius 3 is 1.13 bits per heavy atom. The lowest BCUT2D eigenvalue weighted by molar-refractivity contribution is 0.475. The maximum absolute atomic E-state index is 9.70. The summed E-state index contributed by atoms with van der Waals surface area (Å²) in [5.74, 6) is 3.45. The van der Waals surface area contributed by atoms with E-state index >= 15 is 0 Å². The summed E-state index contributed by atoms with van der Waals surface area (Å²) >= 11 is 0. The molecule has 0 unspecified atom stereocenters. The molecule has 0 bridgehead atoms. The molecule has 0 radical (unpaired) electrons. The molecule has 1 aromatic heterocycles. The summed E-state index contributed by atoms with van der Waals surface area (Å²) in [7, 11) is 0. The highest BCUT2D eigenvalue weighted by molar-refractivity contribution is 5.67. The Morgan fingerprint density at radius 2 is 0.692 bits per heavy atom. The molecule has 0 spiro atoms. The number of benzene rings is 5. The lowest BCUT2D eigenvalue weighted by Gasteiger charge is -2.10. The predicted octanol–water partition coefficient (Wildman–Crippen LogP) is 7.74. The first-order valence-electron chi connectivity index (χ1n) is 12.4. The lowest BCUT2D eigenvalue weighted by atomic mass is 10.1. The van der Waals surface area contributed by atoms with Crippen LogP contribution in [0.5, 0.6) is 23.0 Å². The molecule has 6 rings (SSSR count). The van der Waals surface area contributed by atoms with Crippen LogP contribution in [-0.4, -0.2) is 25.2 Å². The van der Waals surface area contributed by atoms with Crippen LogP contribution in [-0.2, 0) is 0 Å². The fourth-order valence-corrected chi connectivity index (χ4v) is 4.14. The molecule has 0 saturated heterocycles. The topological polar surface area (TPSA) is 88.4 Å². The van der Waals surface area contributed by atoms with Crippen LogP contribution in [0.3, 0.4) is 0 Å². The molecular weight excluding hydrogens is 486 g/mol. The van der Waals surface area contributed by atoms with E-state index in [1.54, 1.807) is 36.4 Å². The Bertz CT molecular complexity index is 1700. The number of hydrogen-bond donors (Lipinski definition) is 2. The normalized spacial score (nSPS) is 10.8. The molecule has 188 valence electrons. The van der Waals surface area contributed by atoms with Crippen LogP contribution in [0.15, 0.2) is 127 Å². The zero-order chi connectivity index (χ0) is 26.6. The summed E-state index contributed by atoms with van der Waals surface area (Å²) in [6, 6.07) is 39.1. The van der Waals surface area contributed by atoms with Gasteiger partial charge in [0.05, 0.1) is 0 Å². The summed E-state index contributed by atoms with van der Waals surface area (Å²) in [5, 5.41) is 19.2. The van der Waals surface area contributed by atoms with Gasteiger partial charge in [0.25, 0.3) is 0 Å². The number of phenolic OH excluding ortho intramolecular Hbond substituents is 2. The minimum atomic E-state index is 0.182. The van der Waals surface area contributed by atoms with Gasteiger partial charge in [-0.25, -0.2) is 15.0 Å². The van der Waals surface area contributed by atoms with E-state index < -0.39 is 0 Å². The van der Waals surface area contributed by atoms with Crippen molar-refractivity contribution < 1.29 is 14.9 Å². The predicted molar refractivity (Wildman–Crippen MR) is 151 cm³/mol. The van der Waals surface area contributed by atoms with Gasteiger partial charge in [-0.05, 0) is 83.9 Å². The Balaban J connectivity index is 1.27. The first-order valence-corrected chi connectivity index (χ1v) is 12.4. The standard InChI is InChI=1S/C33H23N3O3/c37-27-14-6-22(7-15-27)23-10-18-29(19-11-23)39-30-20-12-26(13-21-30)33-35-31(24-4-2-1-3-5-24)34-32(36-33)25-8-16-28(38)17-9-25/h1-21,37-38H. The fraction of sp³-hybridized carbons (Fsp3) is 0. The molecule has 6 aromatic rings. The maximum Gasteiger partial charge on any atom is 0.164 e. The Morgan fingerprint density at radius 1 is 0.359 bits per heavy atom. The zero-order valence-electron chi connectivity index (χ0n) is 20.8. The van der Waals surface area contributed by atoms with Crippen molar-refractivity contribution in [2.45, 2.75) is 0 Å². The average molecular weight is 510 g/mol. The van der Waals surface area contributed by atoms with Gasteiger partial charge in [0.2, 0.25) is 0 Å². The third-order valence-electron chi connectivity index (χ3n) is 6.20. The average Bonchev–Trinajstić information content (AvgIpc) is 2.99. The quantitative estimate of drug-likeness (QED) is 0.239. The van der Waals surface area contributed by atoms with Gasteiger partial charge in [-0.3, -0.25) is 0 Å². The first kappa shape index (κ1) is 23.9. The molecule has 0 atom stereocenters. The first-order chi connectivity index (χ1) is 19.1. The Kier molecular flexibility index (Phi) is 6.41. The van der Waals surface area contributed by atoms with Crippen LogP contribution in [0.2, 0.25) is 0 Å². The van der Waals surface area contributed by atoms with E-state index in [4.69, 9.17) is 19.7 Å². The number of aromatic hydroxyl groups is 2. The van der Waals surface area contributed by atoms with Crippen molar-refractivity contribution in [3.05, 3.63) is 127 Å². The van der Waals surface area contributed by atoms with Crippen molar-refractivity contribution in [1.82, 2.24) is 15.0 Å². The number of rotatable bonds is 6. The van der Waals surface area contributed by atoms with E-state index in [-0.39, 0.29) is 11.5 Å². The van der Waals surface area contributed by atoms with Gasteiger partial charge >= 0.3 is 0 Å². The number of phenols is 2. The van der Waals surface area contributed by atoms with E-state index in [0.29, 0.717) is 29.0 Å². The summed E-state index contributed by atoms with van der Waals surface area (Å²) in [4.78, 5) is 14.2. The third-order valence-corrected chi connectivity index (χ3v) is 6.20. The van der Waals surface area contributed by atoms with Crippen LogP contribution in [0.4, 0.5) is 0 Å². The van der Waals surface area contributed by atoms with Crippen molar-refractivity contribution in [3.8, 4) is 68.3 Å². The summed E-state index contributed by atoms with van der Waals surface area (Å²) < 4.78 is 6.06. The van der Waals surface area contributed by atoms with E-state index in [0.717, 1.165) is 27.8 Å². The molecule has 0 aliphatic heterocycles. The lowest BCUT2D eigenvalue weighted by Crippen LogP contribution is -2.00. The molecule has 39 heavy (non-hydrogen) atoms. The second-order valence-electron chi connectivity index (χ2n) is 8.92. The second kappa shape index (κ2) is 10.5. The van der Waals surface area contributed by atoms with Crippen molar-refractivity contribution in [1.29, 1.82) is 0 Å². The SMILES string of the molecule is Oc1ccc(-c2ccc(Oc3ccc(-c4nc(-c5ccccc5)nc(-c5ccc(O)cc5)n4)cc3)cc2)cc1. The molecule has 6 nitrogen and oxygen atoms in total. The molecule has 0 aliphatic carbocycles. The van der Waals surface area contributed by atoms with Crippen LogP contribution in [0.25, 0.3) is 45.3 Å². The summed E-state index contributed by atoms with van der Waals surface area (Å²) in [5.41, 5.74) is 4.54. The van der Waals surface area contributed by atoms with Gasteiger partial charge in [0, 0.05) is 16.7 Å². The largest absolute Gasteiger partial charge is 0.508 e. The monoisotopic (exact) mass is 509 g/mol. The van der Waals surface area contributed by atoms with Crippen LogP contribution < -0.4 is 4.74 Å². The molecule has 0 amide bonds. The molecule has 1 heterocycles. The van der Waals surface area contributed by atoms with Gasteiger partial charge in [0.15, 0.2) is 17.5 Å². The van der Waals surface area contributed by atoms with E-state index in [9.17, 15) is 10.2 Å². The molecule has 5 aromatic carbocycles. The van der Waals surface area contributed by atoms with Gasteiger partial charge in [-0.15, -0.1) is 0 Å². The number of nitrogens with zero attached hydrogens (tertiary/aromatic N) is 3. The third kappa shape index (κ3) is 5.45. The molecular formula is C33H23N3O3. The van der Waals surface area contributed by atoms with E-state index in [1.165, 1.54) is 0 Å². The number of aromatic nitrogens is 3. The van der Waals surface area contributed by atoms with E-state index in [2.05, 4.69) is 0 Å². The Hall–Kier alpha value is -5.49. The highest BCUT2D eigenvalue weighted by Crippen LogP contribution is 2.30. The number of hydrogen-bond acceptors (Lipinski definition) is 6. The van der Waals surface area contributed by atoms with Gasteiger partial charge < -0.3 is 14.9 Å². The minimum Gasteiger partial charge on any atom is -0.508 e. The number of ether oxygens (including phenoxy) is 1. The molecule has 2 N–H and O–H groups in total. The smallest absolute Gasteiger partial charge is 0.164 e. The van der Waals surface area contributed by atoms with Crippen LogP contribution in [0, 0.1) is 0 Å². The Labute approximate surface area is 225 Å². The molecule has 0 saturated carbocycles. The molecule has 0 fully saturated rings. The van der Waals surface area contributed by atoms with Crippen LogP contribution >= 0.6 is 0 Å². The van der Waals surface area contributed by atoms with Gasteiger partial charge in [0.1, 0.15) is 23.0 Å². The van der Waals surface area contributed by atoms with Crippen molar-refractivity contribution in [2.24, 2.45) is 0 Å². The maximum atomic E-state index is 9.70. The molecule has 0 aliphatic rings. The zero-order valence-corrected chi connectivity index (χ0v) is 20.8. The molecule has 6 heteroatoms. The minimum absolute atomic E-state index is 0.182. The highest BCUT2D eigenvalue weighted by Gasteiger charge is 2.12. The highest BCUT2D eigenvalue weighted by atomic mass is 16.5. The summed E-state index contributed by atoms with van der Waals surface area (Å²) in [6.45, 7) is 0. The fourth-order valence-electron chi connectivity index (χ4n) is 4.14. The summed E-state index contributed by atoms with van der Waals surface area (Å²) in [6.07, 6.45) is 0. The van der Waals surface area contributed by atoms with Crippen molar-refractivity contribution in [3.63, 3.8) is 0 Å². The van der Waals surface area contributed by atoms with Crippen molar-refractivity contribution in [2.75, 3.05) is 0 Å².